The lowest BCUT2D eigenvalue weighted by Crippen LogP contribution is -2.10. The summed E-state index contributed by atoms with van der Waals surface area (Å²) in [5.41, 5.74) is 0.386. The number of ether oxygens (including phenoxy) is 1. The Morgan fingerprint density at radius 3 is 2.56 bits per heavy atom. The maximum Gasteiger partial charge on any atom is 0.0689 e. The van der Waals surface area contributed by atoms with E-state index < -0.39 is 0 Å². The molecule has 1 heterocycles. The Kier molecular flexibility index (Phi) is 1.10. The third kappa shape index (κ3) is 0.877. The molecular formula is C8H13O. The first kappa shape index (κ1) is 5.72. The van der Waals surface area contributed by atoms with Crippen LogP contribution in [0.15, 0.2) is 0 Å². The molecule has 2 fully saturated rings. The average Bonchev–Trinajstić information content (AvgIpc) is 2.44. The molecule has 1 atom stereocenters. The Morgan fingerprint density at radius 2 is 2.22 bits per heavy atom. The largest absolute Gasteiger partial charge is 0.371 e. The van der Waals surface area contributed by atoms with Gasteiger partial charge in [-0.05, 0) is 32.1 Å². The Hall–Kier alpha value is -0.0400. The van der Waals surface area contributed by atoms with Gasteiger partial charge in [0.05, 0.1) is 11.7 Å². The summed E-state index contributed by atoms with van der Waals surface area (Å²) in [6.07, 6.45) is 7.85. The van der Waals surface area contributed by atoms with Crippen molar-refractivity contribution in [3.8, 4) is 0 Å². The van der Waals surface area contributed by atoms with E-state index in [9.17, 15) is 0 Å². The molecule has 2 rings (SSSR count). The van der Waals surface area contributed by atoms with Crippen LogP contribution < -0.4 is 0 Å². The Balaban J connectivity index is 1.93. The fraction of sp³-hybridized carbons (Fsp3) is 0.875. The van der Waals surface area contributed by atoms with Gasteiger partial charge >= 0.3 is 0 Å². The van der Waals surface area contributed by atoms with Crippen molar-refractivity contribution in [2.75, 3.05) is 0 Å². The topological polar surface area (TPSA) is 9.23 Å². The molecule has 1 heteroatoms. The summed E-state index contributed by atoms with van der Waals surface area (Å²) in [4.78, 5) is 0. The highest BCUT2D eigenvalue weighted by Crippen LogP contribution is 2.49. The first-order valence-corrected chi connectivity index (χ1v) is 3.82. The lowest BCUT2D eigenvalue weighted by molar-refractivity contribution is 0.0452. The second kappa shape index (κ2) is 1.72. The Bertz CT molecular complexity index is 116. The molecule has 1 nitrogen and oxygen atoms in total. The molecule has 9 heavy (non-hydrogen) atoms. The molecule has 0 aromatic rings. The lowest BCUT2D eigenvalue weighted by atomic mass is 10.1. The summed E-state index contributed by atoms with van der Waals surface area (Å²) in [6, 6.07) is 0. The van der Waals surface area contributed by atoms with Crippen LogP contribution in [0.2, 0.25) is 0 Å². The zero-order valence-corrected chi connectivity index (χ0v) is 5.89. The fourth-order valence-corrected chi connectivity index (χ4v) is 1.59. The predicted octanol–water partition coefficient (Wildman–Crippen LogP) is 1.92. The van der Waals surface area contributed by atoms with Crippen LogP contribution in [-0.4, -0.2) is 11.7 Å². The molecule has 0 N–H and O–H groups in total. The molecule has 1 radical (unpaired) electrons. The highest BCUT2D eigenvalue weighted by molar-refractivity contribution is 5.02. The molecule has 1 aliphatic heterocycles. The van der Waals surface area contributed by atoms with Crippen molar-refractivity contribution in [3.63, 3.8) is 0 Å². The van der Waals surface area contributed by atoms with Gasteiger partial charge in [0.15, 0.2) is 0 Å². The van der Waals surface area contributed by atoms with Crippen molar-refractivity contribution in [1.29, 1.82) is 0 Å². The van der Waals surface area contributed by atoms with E-state index in [1.807, 2.05) is 0 Å². The summed E-state index contributed by atoms with van der Waals surface area (Å²) >= 11 is 0. The van der Waals surface area contributed by atoms with E-state index in [2.05, 4.69) is 13.3 Å². The first-order chi connectivity index (χ1) is 4.35. The van der Waals surface area contributed by atoms with E-state index in [1.165, 1.54) is 25.7 Å². The summed E-state index contributed by atoms with van der Waals surface area (Å²) in [7, 11) is 0. The quantitative estimate of drug-likeness (QED) is 0.520. The van der Waals surface area contributed by atoms with Gasteiger partial charge in [0.2, 0.25) is 0 Å². The van der Waals surface area contributed by atoms with Crippen LogP contribution in [0.5, 0.6) is 0 Å². The predicted molar refractivity (Wildman–Crippen MR) is 36.0 cm³/mol. The monoisotopic (exact) mass is 125 g/mol. The van der Waals surface area contributed by atoms with Gasteiger partial charge < -0.3 is 4.74 Å². The van der Waals surface area contributed by atoms with Crippen LogP contribution in [0.4, 0.5) is 0 Å². The second-order valence-corrected chi connectivity index (χ2v) is 3.21. The van der Waals surface area contributed by atoms with E-state index >= 15 is 0 Å². The molecule has 0 aromatic heterocycles. The van der Waals surface area contributed by atoms with Gasteiger partial charge in [-0.15, -0.1) is 0 Å². The van der Waals surface area contributed by atoms with Crippen LogP contribution >= 0.6 is 0 Å². The fourth-order valence-electron chi connectivity index (χ4n) is 1.59. The number of hydrogen-bond acceptors (Lipinski definition) is 1. The van der Waals surface area contributed by atoms with E-state index in [0.29, 0.717) is 11.7 Å². The van der Waals surface area contributed by atoms with Crippen molar-refractivity contribution in [3.05, 3.63) is 6.42 Å². The SMILES string of the molecule is C[CH]C1CCC2(CC2)O1. The van der Waals surface area contributed by atoms with Gasteiger partial charge in [0, 0.05) is 0 Å². The summed E-state index contributed by atoms with van der Waals surface area (Å²) in [5.74, 6) is 0. The third-order valence-corrected chi connectivity index (χ3v) is 2.47. The van der Waals surface area contributed by atoms with E-state index in [1.54, 1.807) is 0 Å². The number of hydrogen-bond donors (Lipinski definition) is 0. The van der Waals surface area contributed by atoms with Crippen molar-refractivity contribution >= 4 is 0 Å². The molecule has 1 saturated carbocycles. The molecule has 1 spiro atoms. The van der Waals surface area contributed by atoms with Crippen LogP contribution in [0.1, 0.15) is 32.6 Å². The average molecular weight is 125 g/mol. The Labute approximate surface area is 56.4 Å². The minimum Gasteiger partial charge on any atom is -0.371 e. The van der Waals surface area contributed by atoms with Crippen molar-refractivity contribution < 1.29 is 4.74 Å². The molecule has 0 bridgehead atoms. The Morgan fingerprint density at radius 1 is 1.44 bits per heavy atom. The van der Waals surface area contributed by atoms with Crippen LogP contribution in [-0.2, 0) is 4.74 Å². The van der Waals surface area contributed by atoms with Crippen molar-refractivity contribution in [1.82, 2.24) is 0 Å². The van der Waals surface area contributed by atoms with Gasteiger partial charge in [-0.25, -0.2) is 0 Å². The van der Waals surface area contributed by atoms with Crippen molar-refractivity contribution in [2.45, 2.75) is 44.3 Å². The standard InChI is InChI=1S/C8H13O/c1-2-7-3-4-8(9-7)5-6-8/h2,7H,3-6H2,1H3. The molecule has 0 amide bonds. The van der Waals surface area contributed by atoms with Gasteiger partial charge in [0.25, 0.3) is 0 Å². The van der Waals surface area contributed by atoms with Gasteiger partial charge in [-0.3, -0.25) is 0 Å². The van der Waals surface area contributed by atoms with E-state index in [-0.39, 0.29) is 0 Å². The minimum absolute atomic E-state index is 0.386. The minimum atomic E-state index is 0.386. The van der Waals surface area contributed by atoms with Crippen LogP contribution in [0, 0.1) is 6.42 Å². The summed E-state index contributed by atoms with van der Waals surface area (Å²) in [5, 5.41) is 0. The van der Waals surface area contributed by atoms with Crippen LogP contribution in [0.25, 0.3) is 0 Å². The number of rotatable bonds is 1. The van der Waals surface area contributed by atoms with Gasteiger partial charge in [-0.1, -0.05) is 6.92 Å². The van der Waals surface area contributed by atoms with Crippen LogP contribution in [0.3, 0.4) is 0 Å². The highest BCUT2D eigenvalue weighted by atomic mass is 16.5. The zero-order valence-electron chi connectivity index (χ0n) is 5.89. The molecule has 1 aliphatic carbocycles. The summed E-state index contributed by atoms with van der Waals surface area (Å²) < 4.78 is 5.75. The maximum atomic E-state index is 5.75. The molecule has 1 saturated heterocycles. The van der Waals surface area contributed by atoms with Crippen molar-refractivity contribution in [2.24, 2.45) is 0 Å². The van der Waals surface area contributed by atoms with Gasteiger partial charge in [-0.2, -0.15) is 0 Å². The molecule has 0 aromatic carbocycles. The molecule has 2 aliphatic rings. The normalized spacial score (nSPS) is 37.7. The molecule has 1 unspecified atom stereocenters. The third-order valence-electron chi connectivity index (χ3n) is 2.47. The lowest BCUT2D eigenvalue weighted by Gasteiger charge is -2.08. The molecule has 51 valence electrons. The second-order valence-electron chi connectivity index (χ2n) is 3.21. The van der Waals surface area contributed by atoms with Gasteiger partial charge in [0.1, 0.15) is 0 Å². The molecular weight excluding hydrogens is 112 g/mol. The highest BCUT2D eigenvalue weighted by Gasteiger charge is 2.49. The first-order valence-electron chi connectivity index (χ1n) is 3.82. The van der Waals surface area contributed by atoms with E-state index in [0.717, 1.165) is 0 Å². The van der Waals surface area contributed by atoms with E-state index in [4.69, 9.17) is 4.74 Å². The zero-order chi connectivity index (χ0) is 6.32. The smallest absolute Gasteiger partial charge is 0.0689 e. The maximum absolute atomic E-state index is 5.75. The summed E-state index contributed by atoms with van der Waals surface area (Å²) in [6.45, 7) is 2.09.